The maximum atomic E-state index is 12.2. The zero-order valence-electron chi connectivity index (χ0n) is 10.2. The fourth-order valence-electron chi connectivity index (χ4n) is 1.51. The summed E-state index contributed by atoms with van der Waals surface area (Å²) in [6.07, 6.45) is 0. The van der Waals surface area contributed by atoms with E-state index in [9.17, 15) is 4.79 Å². The van der Waals surface area contributed by atoms with Gasteiger partial charge in [-0.25, -0.2) is 4.98 Å². The monoisotopic (exact) mass is 274 g/mol. The molecule has 0 saturated heterocycles. The molecule has 0 radical (unpaired) electrons. The Morgan fingerprint density at radius 3 is 2.59 bits per heavy atom. The molecule has 0 saturated carbocycles. The summed E-state index contributed by atoms with van der Waals surface area (Å²) in [7, 11) is 0. The topological polar surface area (TPSA) is 33.2 Å². The number of carbonyl (C=O) groups is 1. The van der Waals surface area contributed by atoms with Gasteiger partial charge in [-0.3, -0.25) is 4.79 Å². The summed E-state index contributed by atoms with van der Waals surface area (Å²) < 4.78 is 0. The lowest BCUT2D eigenvalue weighted by Crippen LogP contribution is -2.34. The molecule has 1 heterocycles. The highest BCUT2D eigenvalue weighted by molar-refractivity contribution is 6.34. The first kappa shape index (κ1) is 14.3. The number of aromatic nitrogens is 1. The lowest BCUT2D eigenvalue weighted by atomic mass is 10.2. The molecule has 0 N–H and O–H groups in total. The minimum atomic E-state index is -0.172. The Morgan fingerprint density at radius 1 is 1.41 bits per heavy atom. The van der Waals surface area contributed by atoms with Gasteiger partial charge >= 0.3 is 0 Å². The van der Waals surface area contributed by atoms with Crippen LogP contribution in [0.3, 0.4) is 0 Å². The average Bonchev–Trinajstić information content (AvgIpc) is 2.28. The molecule has 1 aromatic rings. The standard InChI is InChI=1S/C12H16Cl2N2O/c1-4-16(7-8(2)3)12(17)11-9(13)5-6-10(14)15-11/h5-6,8H,4,7H2,1-3H3. The molecule has 1 aromatic heterocycles. The van der Waals surface area contributed by atoms with Crippen LogP contribution in [0.4, 0.5) is 0 Å². The quantitative estimate of drug-likeness (QED) is 0.788. The minimum absolute atomic E-state index is 0.172. The molecule has 0 aliphatic carbocycles. The Balaban J connectivity index is 2.97. The van der Waals surface area contributed by atoms with Crippen LogP contribution in [0.5, 0.6) is 0 Å². The molecule has 0 bridgehead atoms. The number of amides is 1. The summed E-state index contributed by atoms with van der Waals surface area (Å²) >= 11 is 11.7. The van der Waals surface area contributed by atoms with Gasteiger partial charge in [0.2, 0.25) is 0 Å². The number of carbonyl (C=O) groups excluding carboxylic acids is 1. The molecule has 5 heteroatoms. The molecular formula is C12H16Cl2N2O. The first-order chi connectivity index (χ1) is 7.95. The van der Waals surface area contributed by atoms with Crippen molar-refractivity contribution >= 4 is 29.1 Å². The van der Waals surface area contributed by atoms with Crippen LogP contribution in [0.1, 0.15) is 31.3 Å². The Morgan fingerprint density at radius 2 is 2.06 bits per heavy atom. The summed E-state index contributed by atoms with van der Waals surface area (Å²) in [6.45, 7) is 7.35. The molecule has 94 valence electrons. The van der Waals surface area contributed by atoms with Crippen LogP contribution in [-0.2, 0) is 0 Å². The highest BCUT2D eigenvalue weighted by atomic mass is 35.5. The summed E-state index contributed by atoms with van der Waals surface area (Å²) in [5, 5.41) is 0.611. The molecule has 17 heavy (non-hydrogen) atoms. The van der Waals surface area contributed by atoms with Crippen LogP contribution in [0.2, 0.25) is 10.2 Å². The van der Waals surface area contributed by atoms with Crippen molar-refractivity contribution in [1.29, 1.82) is 0 Å². The van der Waals surface area contributed by atoms with Gasteiger partial charge in [0, 0.05) is 13.1 Å². The van der Waals surface area contributed by atoms with E-state index < -0.39 is 0 Å². The zero-order valence-corrected chi connectivity index (χ0v) is 11.7. The second-order valence-corrected chi connectivity index (χ2v) is 5.00. The number of hydrogen-bond donors (Lipinski definition) is 0. The SMILES string of the molecule is CCN(CC(C)C)C(=O)c1nc(Cl)ccc1Cl. The van der Waals surface area contributed by atoms with Gasteiger partial charge in [-0.15, -0.1) is 0 Å². The summed E-state index contributed by atoms with van der Waals surface area (Å²) in [5.74, 6) is 0.227. The van der Waals surface area contributed by atoms with Crippen molar-refractivity contribution in [2.24, 2.45) is 5.92 Å². The highest BCUT2D eigenvalue weighted by Gasteiger charge is 2.19. The van der Waals surface area contributed by atoms with Crippen molar-refractivity contribution in [1.82, 2.24) is 9.88 Å². The van der Waals surface area contributed by atoms with Gasteiger partial charge in [0.15, 0.2) is 0 Å². The molecule has 0 unspecified atom stereocenters. The maximum absolute atomic E-state index is 12.2. The van der Waals surface area contributed by atoms with E-state index in [2.05, 4.69) is 18.8 Å². The number of halogens is 2. The Bertz CT molecular complexity index is 407. The Kier molecular flexibility index (Phi) is 5.22. The van der Waals surface area contributed by atoms with Gasteiger partial charge in [0.1, 0.15) is 10.8 Å². The molecular weight excluding hydrogens is 259 g/mol. The smallest absolute Gasteiger partial charge is 0.274 e. The first-order valence-corrected chi connectivity index (χ1v) is 6.32. The van der Waals surface area contributed by atoms with E-state index in [0.29, 0.717) is 24.0 Å². The zero-order chi connectivity index (χ0) is 13.0. The van der Waals surface area contributed by atoms with Crippen molar-refractivity contribution in [3.63, 3.8) is 0 Å². The summed E-state index contributed by atoms with van der Waals surface area (Å²) in [5.41, 5.74) is 0.224. The second kappa shape index (κ2) is 6.22. The van der Waals surface area contributed by atoms with Crippen LogP contribution in [0, 0.1) is 5.92 Å². The predicted molar refractivity (Wildman–Crippen MR) is 70.7 cm³/mol. The van der Waals surface area contributed by atoms with Crippen molar-refractivity contribution in [3.8, 4) is 0 Å². The third-order valence-electron chi connectivity index (χ3n) is 2.27. The van der Waals surface area contributed by atoms with Gasteiger partial charge in [0.05, 0.1) is 5.02 Å². The fourth-order valence-corrected chi connectivity index (χ4v) is 1.85. The molecule has 0 aliphatic heterocycles. The van der Waals surface area contributed by atoms with Gasteiger partial charge in [-0.2, -0.15) is 0 Å². The molecule has 0 aliphatic rings. The first-order valence-electron chi connectivity index (χ1n) is 5.57. The molecule has 0 spiro atoms. The number of hydrogen-bond acceptors (Lipinski definition) is 2. The number of pyridine rings is 1. The summed E-state index contributed by atoms with van der Waals surface area (Å²) in [4.78, 5) is 17.9. The lowest BCUT2D eigenvalue weighted by molar-refractivity contribution is 0.0740. The summed E-state index contributed by atoms with van der Waals surface area (Å²) in [6, 6.07) is 3.16. The highest BCUT2D eigenvalue weighted by Crippen LogP contribution is 2.19. The van der Waals surface area contributed by atoms with Crippen LogP contribution in [-0.4, -0.2) is 28.9 Å². The molecule has 3 nitrogen and oxygen atoms in total. The lowest BCUT2D eigenvalue weighted by Gasteiger charge is -2.22. The molecule has 1 amide bonds. The van der Waals surface area contributed by atoms with Crippen molar-refractivity contribution in [2.75, 3.05) is 13.1 Å². The van der Waals surface area contributed by atoms with E-state index >= 15 is 0 Å². The van der Waals surface area contributed by atoms with E-state index in [0.717, 1.165) is 0 Å². The average molecular weight is 275 g/mol. The predicted octanol–water partition coefficient (Wildman–Crippen LogP) is 3.51. The normalized spacial score (nSPS) is 10.7. The Labute approximate surface area is 112 Å². The van der Waals surface area contributed by atoms with Gasteiger partial charge in [-0.1, -0.05) is 37.0 Å². The third kappa shape index (κ3) is 3.86. The van der Waals surface area contributed by atoms with Crippen LogP contribution in [0.15, 0.2) is 12.1 Å². The minimum Gasteiger partial charge on any atom is -0.337 e. The van der Waals surface area contributed by atoms with Crippen molar-refractivity contribution in [3.05, 3.63) is 28.0 Å². The maximum Gasteiger partial charge on any atom is 0.274 e. The van der Waals surface area contributed by atoms with Gasteiger partial charge < -0.3 is 4.90 Å². The van der Waals surface area contributed by atoms with E-state index in [-0.39, 0.29) is 16.8 Å². The van der Waals surface area contributed by atoms with E-state index in [4.69, 9.17) is 23.2 Å². The molecule has 0 fully saturated rings. The molecule has 0 atom stereocenters. The van der Waals surface area contributed by atoms with Gasteiger partial charge in [0.25, 0.3) is 5.91 Å². The van der Waals surface area contributed by atoms with E-state index in [1.54, 1.807) is 17.0 Å². The molecule has 0 aromatic carbocycles. The van der Waals surface area contributed by atoms with E-state index in [1.165, 1.54) is 0 Å². The van der Waals surface area contributed by atoms with Crippen molar-refractivity contribution < 1.29 is 4.79 Å². The second-order valence-electron chi connectivity index (χ2n) is 4.20. The Hall–Kier alpha value is -0.800. The van der Waals surface area contributed by atoms with E-state index in [1.807, 2.05) is 6.92 Å². The third-order valence-corrected chi connectivity index (χ3v) is 2.78. The van der Waals surface area contributed by atoms with Crippen LogP contribution < -0.4 is 0 Å². The van der Waals surface area contributed by atoms with Crippen LogP contribution in [0.25, 0.3) is 0 Å². The number of nitrogens with zero attached hydrogens (tertiary/aromatic N) is 2. The van der Waals surface area contributed by atoms with Gasteiger partial charge in [-0.05, 0) is 25.0 Å². The fraction of sp³-hybridized carbons (Fsp3) is 0.500. The molecule has 1 rings (SSSR count). The number of rotatable bonds is 4. The van der Waals surface area contributed by atoms with Crippen molar-refractivity contribution in [2.45, 2.75) is 20.8 Å². The largest absolute Gasteiger partial charge is 0.337 e. The van der Waals surface area contributed by atoms with Crippen LogP contribution >= 0.6 is 23.2 Å².